The van der Waals surface area contributed by atoms with Gasteiger partial charge in [-0.2, -0.15) is 0 Å². The molecule has 0 aliphatic heterocycles. The number of para-hydroxylation sites is 2. The molecule has 3 aromatic carbocycles. The van der Waals surface area contributed by atoms with Crippen LogP contribution in [0.2, 0.25) is 0 Å². The summed E-state index contributed by atoms with van der Waals surface area (Å²) in [6.45, 7) is 7.80. The Morgan fingerprint density at radius 2 is 1.69 bits per heavy atom. The van der Waals surface area contributed by atoms with Gasteiger partial charge in [0.25, 0.3) is 0 Å². The Morgan fingerprint density at radius 3 is 2.44 bits per heavy atom. The van der Waals surface area contributed by atoms with Gasteiger partial charge in [-0.25, -0.2) is 4.98 Å². The smallest absolute Gasteiger partial charge is 0.224 e. The van der Waals surface area contributed by atoms with Gasteiger partial charge >= 0.3 is 0 Å². The predicted octanol–water partition coefficient (Wildman–Crippen LogP) is 5.42. The number of hydrogen-bond acceptors (Lipinski definition) is 2. The highest BCUT2D eigenvalue weighted by Gasteiger charge is 2.12. The predicted molar refractivity (Wildman–Crippen MR) is 131 cm³/mol. The van der Waals surface area contributed by atoms with Gasteiger partial charge in [0.15, 0.2) is 0 Å². The molecule has 0 atom stereocenters. The minimum atomic E-state index is 0.0474. The third kappa shape index (κ3) is 5.08. The van der Waals surface area contributed by atoms with Crippen LogP contribution in [-0.2, 0) is 24.2 Å². The molecule has 4 rings (SSSR count). The standard InChI is InChI=1S/C28H31N3O/c1-20(2)23-14-12-22(13-15-23)19-31-26-11-7-6-10-25(26)30-27(31)16-17-29-28(32)18-24-9-5-4-8-21(24)3/h4-15,20H,16-19H2,1-3H3,(H,29,32). The second-order valence-electron chi connectivity index (χ2n) is 8.70. The van der Waals surface area contributed by atoms with E-state index in [4.69, 9.17) is 4.98 Å². The molecule has 164 valence electrons. The number of fused-ring (bicyclic) bond motifs is 1. The maximum Gasteiger partial charge on any atom is 0.224 e. The molecule has 0 aliphatic rings. The number of aromatic nitrogens is 2. The van der Waals surface area contributed by atoms with Crippen molar-refractivity contribution in [2.75, 3.05) is 6.54 Å². The van der Waals surface area contributed by atoms with Crippen molar-refractivity contribution in [2.24, 2.45) is 0 Å². The Kier molecular flexibility index (Phi) is 6.69. The Morgan fingerprint density at radius 1 is 0.969 bits per heavy atom. The summed E-state index contributed by atoms with van der Waals surface area (Å²) in [5.74, 6) is 1.57. The number of imidazole rings is 1. The van der Waals surface area contributed by atoms with E-state index in [1.807, 2.05) is 43.3 Å². The fourth-order valence-corrected chi connectivity index (χ4v) is 4.04. The van der Waals surface area contributed by atoms with Gasteiger partial charge in [0.2, 0.25) is 5.91 Å². The van der Waals surface area contributed by atoms with Crippen LogP contribution in [0.1, 0.15) is 47.8 Å². The highest BCUT2D eigenvalue weighted by atomic mass is 16.1. The second kappa shape index (κ2) is 9.82. The van der Waals surface area contributed by atoms with Crippen LogP contribution in [0, 0.1) is 6.92 Å². The van der Waals surface area contributed by atoms with Gasteiger partial charge in [0.05, 0.1) is 17.5 Å². The molecular formula is C28H31N3O. The zero-order valence-electron chi connectivity index (χ0n) is 19.1. The molecule has 4 nitrogen and oxygen atoms in total. The van der Waals surface area contributed by atoms with Crippen LogP contribution in [0.5, 0.6) is 0 Å². The first-order valence-corrected chi connectivity index (χ1v) is 11.4. The Balaban J connectivity index is 1.46. The van der Waals surface area contributed by atoms with E-state index in [1.165, 1.54) is 11.1 Å². The van der Waals surface area contributed by atoms with Crippen molar-refractivity contribution in [2.45, 2.75) is 46.1 Å². The minimum Gasteiger partial charge on any atom is -0.355 e. The fraction of sp³-hybridized carbons (Fsp3) is 0.286. The molecule has 0 saturated heterocycles. The van der Waals surface area contributed by atoms with Crippen LogP contribution in [0.25, 0.3) is 11.0 Å². The second-order valence-corrected chi connectivity index (χ2v) is 8.70. The largest absolute Gasteiger partial charge is 0.355 e. The highest BCUT2D eigenvalue weighted by Crippen LogP contribution is 2.20. The molecule has 0 saturated carbocycles. The number of rotatable bonds is 8. The molecule has 4 heteroatoms. The number of nitrogens with one attached hydrogen (secondary N) is 1. The molecule has 32 heavy (non-hydrogen) atoms. The van der Waals surface area contributed by atoms with E-state index in [-0.39, 0.29) is 5.91 Å². The average Bonchev–Trinajstić information content (AvgIpc) is 3.13. The Bertz CT molecular complexity index is 1210. The van der Waals surface area contributed by atoms with E-state index in [9.17, 15) is 4.79 Å². The molecule has 0 aliphatic carbocycles. The van der Waals surface area contributed by atoms with Gasteiger partial charge in [-0.3, -0.25) is 4.79 Å². The van der Waals surface area contributed by atoms with Crippen LogP contribution < -0.4 is 5.32 Å². The summed E-state index contributed by atoms with van der Waals surface area (Å²) >= 11 is 0. The van der Waals surface area contributed by atoms with E-state index < -0.39 is 0 Å². The minimum absolute atomic E-state index is 0.0474. The summed E-state index contributed by atoms with van der Waals surface area (Å²) < 4.78 is 2.27. The maximum absolute atomic E-state index is 12.5. The summed E-state index contributed by atoms with van der Waals surface area (Å²) in [5.41, 5.74) is 6.94. The van der Waals surface area contributed by atoms with Crippen LogP contribution in [0.4, 0.5) is 0 Å². The van der Waals surface area contributed by atoms with Crippen LogP contribution >= 0.6 is 0 Å². The number of benzene rings is 3. The zero-order valence-corrected chi connectivity index (χ0v) is 19.1. The average molecular weight is 426 g/mol. The third-order valence-corrected chi connectivity index (χ3v) is 6.00. The van der Waals surface area contributed by atoms with Crippen molar-refractivity contribution in [3.63, 3.8) is 0 Å². The maximum atomic E-state index is 12.5. The molecule has 1 aromatic heterocycles. The first-order chi connectivity index (χ1) is 15.5. The van der Waals surface area contributed by atoms with E-state index in [2.05, 4.69) is 60.1 Å². The molecular weight excluding hydrogens is 394 g/mol. The van der Waals surface area contributed by atoms with Crippen LogP contribution in [0.15, 0.2) is 72.8 Å². The van der Waals surface area contributed by atoms with Gasteiger partial charge in [-0.05, 0) is 47.2 Å². The van der Waals surface area contributed by atoms with E-state index in [0.29, 0.717) is 25.3 Å². The third-order valence-electron chi connectivity index (χ3n) is 6.00. The molecule has 1 heterocycles. The topological polar surface area (TPSA) is 46.9 Å². The molecule has 1 N–H and O–H groups in total. The SMILES string of the molecule is Cc1ccccc1CC(=O)NCCc1nc2ccccc2n1Cc1ccc(C(C)C)cc1. The van der Waals surface area contributed by atoms with E-state index >= 15 is 0 Å². The van der Waals surface area contributed by atoms with Gasteiger partial charge in [-0.15, -0.1) is 0 Å². The molecule has 4 aromatic rings. The molecule has 0 bridgehead atoms. The van der Waals surface area contributed by atoms with Crippen LogP contribution in [0.3, 0.4) is 0 Å². The van der Waals surface area contributed by atoms with E-state index in [1.54, 1.807) is 0 Å². The molecule has 0 fully saturated rings. The fourth-order valence-electron chi connectivity index (χ4n) is 4.04. The van der Waals surface area contributed by atoms with Crippen molar-refractivity contribution in [1.82, 2.24) is 14.9 Å². The molecule has 0 spiro atoms. The number of hydrogen-bond donors (Lipinski definition) is 1. The van der Waals surface area contributed by atoms with Crippen molar-refractivity contribution in [1.29, 1.82) is 0 Å². The number of amides is 1. The first-order valence-electron chi connectivity index (χ1n) is 11.4. The van der Waals surface area contributed by atoms with Gasteiger partial charge in [0.1, 0.15) is 5.82 Å². The van der Waals surface area contributed by atoms with Crippen molar-refractivity contribution in [3.05, 3.63) is 101 Å². The molecule has 1 amide bonds. The molecule has 0 unspecified atom stereocenters. The summed E-state index contributed by atoms with van der Waals surface area (Å²) in [5, 5.41) is 3.07. The quantitative estimate of drug-likeness (QED) is 0.410. The first kappa shape index (κ1) is 21.8. The van der Waals surface area contributed by atoms with Gasteiger partial charge < -0.3 is 9.88 Å². The lowest BCUT2D eigenvalue weighted by atomic mass is 10.0. The van der Waals surface area contributed by atoms with Crippen molar-refractivity contribution < 1.29 is 4.79 Å². The normalized spacial score (nSPS) is 11.2. The zero-order chi connectivity index (χ0) is 22.5. The van der Waals surface area contributed by atoms with E-state index in [0.717, 1.165) is 34.5 Å². The number of carbonyl (C=O) groups is 1. The van der Waals surface area contributed by atoms with Crippen molar-refractivity contribution in [3.8, 4) is 0 Å². The summed E-state index contributed by atoms with van der Waals surface area (Å²) in [6, 6.07) is 25.1. The summed E-state index contributed by atoms with van der Waals surface area (Å²) in [4.78, 5) is 17.3. The lowest BCUT2D eigenvalue weighted by Crippen LogP contribution is -2.28. The summed E-state index contributed by atoms with van der Waals surface area (Å²) in [6.07, 6.45) is 1.10. The van der Waals surface area contributed by atoms with Crippen LogP contribution in [-0.4, -0.2) is 22.0 Å². The highest BCUT2D eigenvalue weighted by molar-refractivity contribution is 5.79. The summed E-state index contributed by atoms with van der Waals surface area (Å²) in [7, 11) is 0. The monoisotopic (exact) mass is 425 g/mol. The lowest BCUT2D eigenvalue weighted by Gasteiger charge is -2.12. The Labute approximate surface area is 190 Å². The number of aryl methyl sites for hydroxylation is 1. The number of carbonyl (C=O) groups excluding carboxylic acids is 1. The van der Waals surface area contributed by atoms with Gasteiger partial charge in [0, 0.05) is 19.5 Å². The van der Waals surface area contributed by atoms with Gasteiger partial charge in [-0.1, -0.05) is 74.5 Å². The number of nitrogens with zero attached hydrogens (tertiary/aromatic N) is 2. The lowest BCUT2D eigenvalue weighted by molar-refractivity contribution is -0.120. The Hall–Kier alpha value is -3.40. The van der Waals surface area contributed by atoms with Crippen molar-refractivity contribution >= 4 is 16.9 Å². The molecule has 0 radical (unpaired) electrons.